The van der Waals surface area contributed by atoms with E-state index in [1.807, 2.05) is 0 Å². The summed E-state index contributed by atoms with van der Waals surface area (Å²) in [7, 11) is 0. The minimum absolute atomic E-state index is 0.436. The second kappa shape index (κ2) is 7.31. The number of thiol groups is 1. The van der Waals surface area contributed by atoms with E-state index in [9.17, 15) is 0 Å². The van der Waals surface area contributed by atoms with Gasteiger partial charge in [0, 0.05) is 25.4 Å². The zero-order valence-corrected chi connectivity index (χ0v) is 10.6. The van der Waals surface area contributed by atoms with Gasteiger partial charge in [-0.25, -0.2) is 0 Å². The van der Waals surface area contributed by atoms with Gasteiger partial charge in [0.25, 0.3) is 0 Å². The largest absolute Gasteiger partial charge is 0.377 e. The third kappa shape index (κ3) is 5.05. The molecule has 1 rings (SSSR count). The number of hydrogen-bond acceptors (Lipinski definition) is 3. The second-order valence-electron chi connectivity index (χ2n) is 4.28. The van der Waals surface area contributed by atoms with Crippen molar-refractivity contribution in [3.63, 3.8) is 0 Å². The molecule has 0 bridgehead atoms. The Labute approximate surface area is 99.1 Å². The predicted molar refractivity (Wildman–Crippen MR) is 68.7 cm³/mol. The van der Waals surface area contributed by atoms with Crippen LogP contribution in [0.3, 0.4) is 0 Å². The summed E-state index contributed by atoms with van der Waals surface area (Å²) in [5.41, 5.74) is 1.20. The number of ether oxygens (including phenoxy) is 1. The molecule has 1 saturated heterocycles. The monoisotopic (exact) mass is 229 g/mol. The van der Waals surface area contributed by atoms with Gasteiger partial charge in [0.05, 0.1) is 6.10 Å². The summed E-state index contributed by atoms with van der Waals surface area (Å²) in [6.45, 7) is 10.3. The van der Waals surface area contributed by atoms with Gasteiger partial charge in [-0.1, -0.05) is 19.1 Å². The molecule has 0 aliphatic carbocycles. The lowest BCUT2D eigenvalue weighted by molar-refractivity contribution is 0.00252. The lowest BCUT2D eigenvalue weighted by Gasteiger charge is -2.32. The van der Waals surface area contributed by atoms with Crippen molar-refractivity contribution in [2.24, 2.45) is 0 Å². The van der Waals surface area contributed by atoms with E-state index in [1.165, 1.54) is 25.0 Å². The maximum absolute atomic E-state index is 5.79. The van der Waals surface area contributed by atoms with Crippen LogP contribution in [0, 0.1) is 0 Å². The molecule has 0 aromatic heterocycles. The van der Waals surface area contributed by atoms with Crippen LogP contribution in [-0.2, 0) is 4.74 Å². The minimum Gasteiger partial charge on any atom is -0.377 e. The van der Waals surface area contributed by atoms with E-state index in [0.29, 0.717) is 6.10 Å². The summed E-state index contributed by atoms with van der Waals surface area (Å²) in [5, 5.41) is 0. The number of likely N-dealkylation sites (tertiary alicyclic amines) is 1. The van der Waals surface area contributed by atoms with Gasteiger partial charge in [0.1, 0.15) is 0 Å². The molecule has 0 spiro atoms. The fraction of sp³-hybridized carbons (Fsp3) is 0.833. The van der Waals surface area contributed by atoms with Crippen LogP contribution in [0.1, 0.15) is 26.2 Å². The first-order chi connectivity index (χ1) is 7.26. The van der Waals surface area contributed by atoms with Crippen LogP contribution in [0.2, 0.25) is 0 Å². The molecule has 0 N–H and O–H groups in total. The molecule has 0 aromatic carbocycles. The lowest BCUT2D eigenvalue weighted by atomic mass is 10.1. The van der Waals surface area contributed by atoms with Gasteiger partial charge in [-0.05, 0) is 25.8 Å². The Bertz CT molecular complexity index is 196. The zero-order chi connectivity index (χ0) is 11.1. The van der Waals surface area contributed by atoms with E-state index in [2.05, 4.69) is 31.0 Å². The molecule has 3 heteroatoms. The summed E-state index contributed by atoms with van der Waals surface area (Å²) in [4.78, 5) is 2.43. The Kier molecular flexibility index (Phi) is 6.37. The first-order valence-electron chi connectivity index (χ1n) is 5.87. The van der Waals surface area contributed by atoms with Gasteiger partial charge in [-0.3, -0.25) is 4.90 Å². The van der Waals surface area contributed by atoms with Crippen molar-refractivity contribution in [1.82, 2.24) is 4.90 Å². The van der Waals surface area contributed by atoms with Crippen molar-refractivity contribution in [2.75, 3.05) is 32.0 Å². The molecule has 0 saturated carbocycles. The van der Waals surface area contributed by atoms with Gasteiger partial charge >= 0.3 is 0 Å². The first-order valence-corrected chi connectivity index (χ1v) is 6.51. The Balaban J connectivity index is 2.25. The minimum atomic E-state index is 0.436. The SMILES string of the molecule is C=C(CS)CN1CCCC(OCCC)C1. The van der Waals surface area contributed by atoms with Gasteiger partial charge < -0.3 is 4.74 Å². The van der Waals surface area contributed by atoms with E-state index >= 15 is 0 Å². The molecule has 0 radical (unpaired) electrons. The Hall–Kier alpha value is 0.01000. The molecule has 88 valence electrons. The number of nitrogens with zero attached hydrogens (tertiary/aromatic N) is 1. The van der Waals surface area contributed by atoms with Crippen LogP contribution in [0.15, 0.2) is 12.2 Å². The normalized spacial score (nSPS) is 22.9. The van der Waals surface area contributed by atoms with Crippen molar-refractivity contribution >= 4 is 12.6 Å². The summed E-state index contributed by atoms with van der Waals surface area (Å²) in [6, 6.07) is 0. The molecule has 15 heavy (non-hydrogen) atoms. The first kappa shape index (κ1) is 13.1. The van der Waals surface area contributed by atoms with Crippen LogP contribution >= 0.6 is 12.6 Å². The van der Waals surface area contributed by atoms with Crippen LogP contribution in [0.5, 0.6) is 0 Å². The average molecular weight is 229 g/mol. The van der Waals surface area contributed by atoms with Crippen LogP contribution in [0.4, 0.5) is 0 Å². The summed E-state index contributed by atoms with van der Waals surface area (Å²) < 4.78 is 5.79. The highest BCUT2D eigenvalue weighted by Gasteiger charge is 2.19. The fourth-order valence-electron chi connectivity index (χ4n) is 1.94. The third-order valence-corrected chi connectivity index (χ3v) is 3.14. The quantitative estimate of drug-likeness (QED) is 0.554. The molecule has 0 amide bonds. The molecular weight excluding hydrogens is 206 g/mol. The maximum atomic E-state index is 5.79. The molecule has 1 heterocycles. The Morgan fingerprint density at radius 2 is 2.40 bits per heavy atom. The smallest absolute Gasteiger partial charge is 0.0702 e. The average Bonchev–Trinajstić information content (AvgIpc) is 2.26. The number of hydrogen-bond donors (Lipinski definition) is 1. The molecule has 1 aliphatic rings. The van der Waals surface area contributed by atoms with Crippen molar-refractivity contribution in [2.45, 2.75) is 32.3 Å². The van der Waals surface area contributed by atoms with E-state index in [-0.39, 0.29) is 0 Å². The van der Waals surface area contributed by atoms with E-state index in [0.717, 1.165) is 31.9 Å². The molecule has 1 unspecified atom stereocenters. The standard InChI is InChI=1S/C12H23NOS/c1-3-7-14-12-5-4-6-13(9-12)8-11(2)10-15/h12,15H,2-10H2,1H3. The summed E-state index contributed by atoms with van der Waals surface area (Å²) in [5.74, 6) is 0.789. The molecule has 1 aliphatic heterocycles. The predicted octanol–water partition coefficient (Wildman–Crippen LogP) is 2.36. The Morgan fingerprint density at radius 1 is 1.60 bits per heavy atom. The molecule has 0 aromatic rings. The van der Waals surface area contributed by atoms with Crippen LogP contribution < -0.4 is 0 Å². The highest BCUT2D eigenvalue weighted by Crippen LogP contribution is 2.14. The number of piperidine rings is 1. The highest BCUT2D eigenvalue weighted by molar-refractivity contribution is 7.80. The van der Waals surface area contributed by atoms with Crippen LogP contribution in [0.25, 0.3) is 0 Å². The van der Waals surface area contributed by atoms with Gasteiger partial charge in [0.15, 0.2) is 0 Å². The number of rotatable bonds is 6. The van der Waals surface area contributed by atoms with Crippen molar-refractivity contribution in [3.8, 4) is 0 Å². The topological polar surface area (TPSA) is 12.5 Å². The fourth-order valence-corrected chi connectivity index (χ4v) is 2.04. The van der Waals surface area contributed by atoms with E-state index in [1.54, 1.807) is 0 Å². The summed E-state index contributed by atoms with van der Waals surface area (Å²) in [6.07, 6.45) is 4.00. The van der Waals surface area contributed by atoms with Gasteiger partial charge in [-0.2, -0.15) is 12.6 Å². The van der Waals surface area contributed by atoms with E-state index < -0.39 is 0 Å². The zero-order valence-electron chi connectivity index (χ0n) is 9.74. The van der Waals surface area contributed by atoms with Crippen LogP contribution in [-0.4, -0.2) is 43.0 Å². The third-order valence-electron chi connectivity index (χ3n) is 2.69. The van der Waals surface area contributed by atoms with Gasteiger partial charge in [0.2, 0.25) is 0 Å². The molecule has 2 nitrogen and oxygen atoms in total. The molecular formula is C12H23NOS. The molecule has 1 atom stereocenters. The van der Waals surface area contributed by atoms with Crippen molar-refractivity contribution in [1.29, 1.82) is 0 Å². The van der Waals surface area contributed by atoms with E-state index in [4.69, 9.17) is 4.74 Å². The van der Waals surface area contributed by atoms with Gasteiger partial charge in [-0.15, -0.1) is 0 Å². The van der Waals surface area contributed by atoms with Crippen molar-refractivity contribution in [3.05, 3.63) is 12.2 Å². The Morgan fingerprint density at radius 3 is 3.07 bits per heavy atom. The second-order valence-corrected chi connectivity index (χ2v) is 4.59. The maximum Gasteiger partial charge on any atom is 0.0702 e. The summed E-state index contributed by atoms with van der Waals surface area (Å²) >= 11 is 4.24. The lowest BCUT2D eigenvalue weighted by Crippen LogP contribution is -2.40. The highest BCUT2D eigenvalue weighted by atomic mass is 32.1. The van der Waals surface area contributed by atoms with Crippen molar-refractivity contribution < 1.29 is 4.74 Å². The molecule has 1 fully saturated rings.